The van der Waals surface area contributed by atoms with Gasteiger partial charge in [0.05, 0.1) is 10.4 Å². The third kappa shape index (κ3) is 2.85. The molecule has 0 bridgehead atoms. The maximum absolute atomic E-state index is 12.8. The van der Waals surface area contributed by atoms with Crippen LogP contribution in [0.3, 0.4) is 0 Å². The van der Waals surface area contributed by atoms with Crippen LogP contribution in [0.15, 0.2) is 0 Å². The first-order valence-corrected chi connectivity index (χ1v) is 7.51. The molecule has 1 heterocycles. The molecule has 0 aromatic rings. The zero-order valence-corrected chi connectivity index (χ0v) is 12.7. The van der Waals surface area contributed by atoms with Crippen LogP contribution in [-0.4, -0.2) is 28.4 Å². The summed E-state index contributed by atoms with van der Waals surface area (Å²) in [7, 11) is 0. The van der Waals surface area contributed by atoms with Crippen molar-refractivity contribution in [3.8, 4) is 0 Å². The molecule has 1 unspecified atom stereocenters. The molecule has 1 rings (SSSR count). The van der Waals surface area contributed by atoms with Crippen LogP contribution >= 0.6 is 12.2 Å². The second kappa shape index (κ2) is 6.50. The van der Waals surface area contributed by atoms with Gasteiger partial charge in [-0.25, -0.2) is 0 Å². The van der Waals surface area contributed by atoms with E-state index >= 15 is 0 Å². The predicted molar refractivity (Wildman–Crippen MR) is 79.4 cm³/mol. The summed E-state index contributed by atoms with van der Waals surface area (Å²) in [6, 6.07) is 0.312. The second-order valence-corrected chi connectivity index (χ2v) is 5.79. The predicted octanol–water partition coefficient (Wildman–Crippen LogP) is 2.87. The molecule has 3 nitrogen and oxygen atoms in total. The minimum Gasteiger partial charge on any atom is -0.392 e. The lowest BCUT2D eigenvalue weighted by Gasteiger charge is -2.37. The first-order chi connectivity index (χ1) is 8.49. The molecule has 0 aromatic heterocycles. The van der Waals surface area contributed by atoms with E-state index in [4.69, 9.17) is 18.0 Å². The van der Waals surface area contributed by atoms with Crippen LogP contribution in [-0.2, 0) is 4.79 Å². The van der Waals surface area contributed by atoms with Gasteiger partial charge in [0.1, 0.15) is 0 Å². The molecule has 1 aliphatic heterocycles. The molecule has 1 amide bonds. The van der Waals surface area contributed by atoms with Crippen LogP contribution in [0.1, 0.15) is 59.3 Å². The number of rotatable bonds is 4. The summed E-state index contributed by atoms with van der Waals surface area (Å²) >= 11 is 5.18. The van der Waals surface area contributed by atoms with Gasteiger partial charge in [-0.05, 0) is 32.6 Å². The lowest BCUT2D eigenvalue weighted by atomic mass is 9.80. The minimum atomic E-state index is -0.631. The van der Waals surface area contributed by atoms with E-state index in [-0.39, 0.29) is 5.91 Å². The van der Waals surface area contributed by atoms with Gasteiger partial charge in [0.2, 0.25) is 5.91 Å². The van der Waals surface area contributed by atoms with Crippen molar-refractivity contribution in [3.05, 3.63) is 0 Å². The van der Waals surface area contributed by atoms with Crippen LogP contribution in [0.5, 0.6) is 0 Å². The Morgan fingerprint density at radius 3 is 2.44 bits per heavy atom. The van der Waals surface area contributed by atoms with Gasteiger partial charge in [0, 0.05) is 12.6 Å². The zero-order chi connectivity index (χ0) is 13.8. The van der Waals surface area contributed by atoms with E-state index in [0.29, 0.717) is 23.9 Å². The van der Waals surface area contributed by atoms with Crippen molar-refractivity contribution in [2.45, 2.75) is 65.3 Å². The van der Waals surface area contributed by atoms with Crippen molar-refractivity contribution in [2.24, 2.45) is 11.1 Å². The van der Waals surface area contributed by atoms with Crippen LogP contribution in [0.4, 0.5) is 0 Å². The first-order valence-electron chi connectivity index (χ1n) is 7.10. The van der Waals surface area contributed by atoms with Crippen LogP contribution < -0.4 is 5.73 Å². The number of nitrogens with zero attached hydrogens (tertiary/aromatic N) is 1. The molecule has 1 saturated heterocycles. The average molecular weight is 270 g/mol. The summed E-state index contributed by atoms with van der Waals surface area (Å²) in [5.74, 6) is 0.148. The Bertz CT molecular complexity index is 313. The normalized spacial score (nSPS) is 21.5. The van der Waals surface area contributed by atoms with Gasteiger partial charge in [-0.15, -0.1) is 0 Å². The highest BCUT2D eigenvalue weighted by molar-refractivity contribution is 7.80. The lowest BCUT2D eigenvalue weighted by molar-refractivity contribution is -0.140. The highest BCUT2D eigenvalue weighted by Crippen LogP contribution is 2.32. The summed E-state index contributed by atoms with van der Waals surface area (Å²) in [6.07, 6.45) is 6.00. The van der Waals surface area contributed by atoms with Gasteiger partial charge >= 0.3 is 0 Å². The standard InChI is InChI=1S/C14H26N2OS/c1-4-14(5-2,12(15)18)13(17)16-10-8-6-7-9-11(16)3/h11H,4-10H2,1-3H3,(H2,15,18). The highest BCUT2D eigenvalue weighted by Gasteiger charge is 2.42. The maximum Gasteiger partial charge on any atom is 0.235 e. The van der Waals surface area contributed by atoms with Crippen molar-refractivity contribution in [1.82, 2.24) is 4.90 Å². The molecule has 1 aliphatic rings. The van der Waals surface area contributed by atoms with Gasteiger partial charge in [0.15, 0.2) is 0 Å². The van der Waals surface area contributed by atoms with Gasteiger partial charge in [-0.1, -0.05) is 38.9 Å². The Morgan fingerprint density at radius 1 is 1.33 bits per heavy atom. The molecule has 0 saturated carbocycles. The van der Waals surface area contributed by atoms with E-state index < -0.39 is 5.41 Å². The summed E-state index contributed by atoms with van der Waals surface area (Å²) in [5.41, 5.74) is 5.24. The summed E-state index contributed by atoms with van der Waals surface area (Å²) in [5, 5.41) is 0. The number of nitrogens with two attached hydrogens (primary N) is 1. The van der Waals surface area contributed by atoms with E-state index in [9.17, 15) is 4.79 Å². The maximum atomic E-state index is 12.8. The molecule has 0 aliphatic carbocycles. The Morgan fingerprint density at radius 2 is 1.94 bits per heavy atom. The van der Waals surface area contributed by atoms with Crippen molar-refractivity contribution in [2.75, 3.05) is 6.54 Å². The molecule has 4 heteroatoms. The number of hydrogen-bond acceptors (Lipinski definition) is 2. The molecule has 0 aromatic carbocycles. The van der Waals surface area contributed by atoms with Crippen molar-refractivity contribution < 1.29 is 4.79 Å². The molecule has 0 spiro atoms. The number of hydrogen-bond donors (Lipinski definition) is 1. The molecular weight excluding hydrogens is 244 g/mol. The van der Waals surface area contributed by atoms with Gasteiger partial charge in [-0.3, -0.25) is 4.79 Å². The number of amides is 1. The fraction of sp³-hybridized carbons (Fsp3) is 0.857. The fourth-order valence-corrected chi connectivity index (χ4v) is 3.23. The molecule has 2 N–H and O–H groups in total. The Labute approximate surface area is 116 Å². The quantitative estimate of drug-likeness (QED) is 0.799. The topological polar surface area (TPSA) is 46.3 Å². The van der Waals surface area contributed by atoms with E-state index in [0.717, 1.165) is 19.4 Å². The van der Waals surface area contributed by atoms with E-state index in [1.54, 1.807) is 0 Å². The minimum absolute atomic E-state index is 0.148. The molecule has 18 heavy (non-hydrogen) atoms. The molecule has 1 atom stereocenters. The van der Waals surface area contributed by atoms with Crippen LogP contribution in [0.2, 0.25) is 0 Å². The third-order valence-corrected chi connectivity index (χ3v) is 4.79. The van der Waals surface area contributed by atoms with E-state index in [2.05, 4.69) is 6.92 Å². The summed E-state index contributed by atoms with van der Waals surface area (Å²) < 4.78 is 0. The summed E-state index contributed by atoms with van der Waals surface area (Å²) in [4.78, 5) is 15.2. The number of thiocarbonyl (C=S) groups is 1. The smallest absolute Gasteiger partial charge is 0.235 e. The fourth-order valence-electron chi connectivity index (χ4n) is 2.86. The van der Waals surface area contributed by atoms with Gasteiger partial charge < -0.3 is 10.6 Å². The number of carbonyl (C=O) groups is 1. The lowest BCUT2D eigenvalue weighted by Crippen LogP contribution is -2.52. The number of likely N-dealkylation sites (tertiary alicyclic amines) is 1. The van der Waals surface area contributed by atoms with Gasteiger partial charge in [-0.2, -0.15) is 0 Å². The van der Waals surface area contributed by atoms with Crippen molar-refractivity contribution in [1.29, 1.82) is 0 Å². The third-order valence-electron chi connectivity index (χ3n) is 4.40. The van der Waals surface area contributed by atoms with Gasteiger partial charge in [0.25, 0.3) is 0 Å². The molecule has 104 valence electrons. The van der Waals surface area contributed by atoms with Crippen LogP contribution in [0, 0.1) is 5.41 Å². The van der Waals surface area contributed by atoms with E-state index in [1.807, 2.05) is 18.7 Å². The average Bonchev–Trinajstić information content (AvgIpc) is 2.55. The Kier molecular flexibility index (Phi) is 5.57. The number of carbonyl (C=O) groups excluding carboxylic acids is 1. The van der Waals surface area contributed by atoms with Crippen molar-refractivity contribution in [3.63, 3.8) is 0 Å². The largest absolute Gasteiger partial charge is 0.392 e. The van der Waals surface area contributed by atoms with Crippen molar-refractivity contribution >= 4 is 23.1 Å². The van der Waals surface area contributed by atoms with E-state index in [1.165, 1.54) is 12.8 Å². The molecule has 0 radical (unpaired) electrons. The zero-order valence-electron chi connectivity index (χ0n) is 11.9. The Balaban J connectivity index is 2.97. The first kappa shape index (κ1) is 15.4. The second-order valence-electron chi connectivity index (χ2n) is 5.35. The molecular formula is C14H26N2OS. The van der Waals surface area contributed by atoms with Crippen LogP contribution in [0.25, 0.3) is 0 Å². The highest BCUT2D eigenvalue weighted by atomic mass is 32.1. The SMILES string of the molecule is CCC(CC)(C(=O)N1CCCCCC1C)C(N)=S. The monoisotopic (exact) mass is 270 g/mol. The molecule has 1 fully saturated rings. The summed E-state index contributed by atoms with van der Waals surface area (Å²) in [6.45, 7) is 7.00. The Hall–Kier alpha value is -0.640.